The second-order valence-corrected chi connectivity index (χ2v) is 6.13. The fourth-order valence-corrected chi connectivity index (χ4v) is 2.23. The lowest BCUT2D eigenvalue weighted by molar-refractivity contribution is 0.122. The van der Waals surface area contributed by atoms with Gasteiger partial charge in [-0.05, 0) is 37.0 Å². The lowest BCUT2D eigenvalue weighted by Gasteiger charge is -2.17. The smallest absolute Gasteiger partial charge is 0.322 e. The zero-order chi connectivity index (χ0) is 19.8. The van der Waals surface area contributed by atoms with Crippen molar-refractivity contribution in [2.45, 2.75) is 25.9 Å². The van der Waals surface area contributed by atoms with Crippen LogP contribution in [0, 0.1) is 0 Å². The molecule has 27 heavy (non-hydrogen) atoms. The van der Waals surface area contributed by atoms with E-state index in [0.29, 0.717) is 25.1 Å². The fourth-order valence-electron chi connectivity index (χ4n) is 1.92. The van der Waals surface area contributed by atoms with E-state index in [0.717, 1.165) is 0 Å². The number of hydrogen-bond donors (Lipinski definition) is 2. The first-order valence-corrected chi connectivity index (χ1v) is 8.67. The summed E-state index contributed by atoms with van der Waals surface area (Å²) in [6, 6.07) is 0.115. The molecule has 2 heterocycles. The van der Waals surface area contributed by atoms with Gasteiger partial charge in [0, 0.05) is 12.1 Å². The molecule has 0 fully saturated rings. The highest BCUT2D eigenvalue weighted by atomic mass is 35.5. The van der Waals surface area contributed by atoms with E-state index in [4.69, 9.17) is 37.4 Å². The van der Waals surface area contributed by atoms with Gasteiger partial charge in [0.25, 0.3) is 0 Å². The minimum Gasteiger partial charge on any atom is -0.467 e. The molecule has 0 aliphatic carbocycles. The van der Waals surface area contributed by atoms with E-state index in [1.807, 2.05) is 13.8 Å². The van der Waals surface area contributed by atoms with Gasteiger partial charge in [-0.2, -0.15) is 29.9 Å². The number of anilines is 2. The molecule has 2 aromatic heterocycles. The van der Waals surface area contributed by atoms with E-state index >= 15 is 0 Å². The van der Waals surface area contributed by atoms with Crippen LogP contribution in [0.15, 0.2) is 0 Å². The number of nitrogens with zero attached hydrogens (tertiary/aromatic N) is 6. The number of aromatic nitrogens is 6. The van der Waals surface area contributed by atoms with Crippen molar-refractivity contribution in [2.75, 3.05) is 38.1 Å². The highest BCUT2D eigenvalue weighted by Gasteiger charge is 2.11. The molecule has 11 nitrogen and oxygen atoms in total. The molecule has 2 atom stereocenters. The molecular weight excluding hydrogens is 399 g/mol. The Hall–Kier alpha value is -2.24. The highest BCUT2D eigenvalue weighted by molar-refractivity contribution is 6.28. The average Bonchev–Trinajstić information content (AvgIpc) is 2.60. The van der Waals surface area contributed by atoms with Gasteiger partial charge in [0.1, 0.15) is 0 Å². The first kappa shape index (κ1) is 21.1. The summed E-state index contributed by atoms with van der Waals surface area (Å²) in [5, 5.41) is 6.22. The summed E-state index contributed by atoms with van der Waals surface area (Å²) >= 11 is 11.6. The summed E-state index contributed by atoms with van der Waals surface area (Å²) in [5.74, 6) is 0.613. The van der Waals surface area contributed by atoms with E-state index in [9.17, 15) is 0 Å². The van der Waals surface area contributed by atoms with Crippen LogP contribution in [-0.2, 0) is 4.74 Å². The molecule has 13 heteroatoms. The van der Waals surface area contributed by atoms with Crippen LogP contribution in [0.4, 0.5) is 11.9 Å². The second-order valence-electron chi connectivity index (χ2n) is 5.46. The number of hydrogen-bond acceptors (Lipinski definition) is 11. The van der Waals surface area contributed by atoms with Crippen molar-refractivity contribution < 1.29 is 14.2 Å². The van der Waals surface area contributed by atoms with Gasteiger partial charge in [0.15, 0.2) is 0 Å². The molecule has 2 rings (SSSR count). The number of rotatable bonds is 10. The molecule has 0 spiro atoms. The monoisotopic (exact) mass is 418 g/mol. The van der Waals surface area contributed by atoms with E-state index in [-0.39, 0.29) is 34.7 Å². The van der Waals surface area contributed by atoms with Gasteiger partial charge >= 0.3 is 12.0 Å². The molecule has 0 saturated heterocycles. The lowest BCUT2D eigenvalue weighted by Crippen LogP contribution is -2.28. The fraction of sp³-hybridized carbons (Fsp3) is 0.571. The third-order valence-corrected chi connectivity index (χ3v) is 3.37. The van der Waals surface area contributed by atoms with E-state index in [1.165, 1.54) is 14.2 Å². The third-order valence-electron chi connectivity index (χ3n) is 3.03. The molecule has 0 aromatic carbocycles. The van der Waals surface area contributed by atoms with Crippen LogP contribution in [-0.4, -0.2) is 69.4 Å². The van der Waals surface area contributed by atoms with Crippen molar-refractivity contribution in [3.8, 4) is 12.0 Å². The number of ether oxygens (including phenoxy) is 3. The predicted octanol–water partition coefficient (Wildman–Crippen LogP) is 1.70. The highest BCUT2D eigenvalue weighted by Crippen LogP contribution is 2.13. The van der Waals surface area contributed by atoms with Crippen LogP contribution in [0.25, 0.3) is 0 Å². The molecule has 0 radical (unpaired) electrons. The average molecular weight is 419 g/mol. The maximum absolute atomic E-state index is 5.81. The maximum Gasteiger partial charge on any atom is 0.322 e. The first-order valence-electron chi connectivity index (χ1n) is 7.91. The predicted molar refractivity (Wildman–Crippen MR) is 99.8 cm³/mol. The quantitative estimate of drug-likeness (QED) is 0.584. The maximum atomic E-state index is 5.81. The number of halogens is 2. The standard InChI is InChI=1S/C14H20Cl2N8O3/c1-7(17-11-19-9(15)21-13(23-11)25-3)5-27-6-8(2)18-12-20-10(16)22-14(24-12)26-4/h7-8H,5-6H2,1-4H3,(H,17,19,21,23)(H,18,20,22,24). The minimum atomic E-state index is -0.0768. The molecule has 0 aliphatic rings. The lowest BCUT2D eigenvalue weighted by atomic mass is 10.3. The Morgan fingerprint density at radius 3 is 1.52 bits per heavy atom. The normalized spacial score (nSPS) is 13.0. The van der Waals surface area contributed by atoms with Gasteiger partial charge in [-0.15, -0.1) is 0 Å². The molecule has 0 saturated carbocycles. The SMILES string of the molecule is COc1nc(Cl)nc(NC(C)COCC(C)Nc2nc(Cl)nc(OC)n2)n1. The van der Waals surface area contributed by atoms with Gasteiger partial charge in [-0.1, -0.05) is 0 Å². The van der Waals surface area contributed by atoms with E-state index in [1.54, 1.807) is 0 Å². The van der Waals surface area contributed by atoms with Crippen molar-refractivity contribution in [3.05, 3.63) is 10.6 Å². The van der Waals surface area contributed by atoms with Crippen LogP contribution in [0.3, 0.4) is 0 Å². The molecule has 0 aliphatic heterocycles. The summed E-state index contributed by atoms with van der Waals surface area (Å²) in [6.45, 7) is 4.63. The van der Waals surface area contributed by atoms with Gasteiger partial charge in [-0.25, -0.2) is 0 Å². The molecule has 148 valence electrons. The Bertz CT molecular complexity index is 693. The Morgan fingerprint density at radius 1 is 0.741 bits per heavy atom. The van der Waals surface area contributed by atoms with Crippen LogP contribution >= 0.6 is 23.2 Å². The van der Waals surface area contributed by atoms with Crippen molar-refractivity contribution >= 4 is 35.1 Å². The largest absolute Gasteiger partial charge is 0.467 e. The summed E-state index contributed by atoms with van der Waals surface area (Å²) in [5.41, 5.74) is 0. The van der Waals surface area contributed by atoms with Crippen molar-refractivity contribution in [1.29, 1.82) is 0 Å². The van der Waals surface area contributed by atoms with Gasteiger partial charge in [-0.3, -0.25) is 0 Å². The summed E-state index contributed by atoms with van der Waals surface area (Å²) in [6.07, 6.45) is 0. The molecule has 2 aromatic rings. The zero-order valence-electron chi connectivity index (χ0n) is 15.2. The van der Waals surface area contributed by atoms with Gasteiger partial charge in [0.2, 0.25) is 22.5 Å². The molecular formula is C14H20Cl2N8O3. The van der Waals surface area contributed by atoms with E-state index in [2.05, 4.69) is 40.5 Å². The number of nitrogens with one attached hydrogen (secondary N) is 2. The van der Waals surface area contributed by atoms with Crippen LogP contribution in [0.5, 0.6) is 12.0 Å². The van der Waals surface area contributed by atoms with E-state index < -0.39 is 0 Å². The van der Waals surface area contributed by atoms with Gasteiger partial charge < -0.3 is 24.8 Å². The second kappa shape index (κ2) is 10.2. The van der Waals surface area contributed by atoms with Gasteiger partial charge in [0.05, 0.1) is 27.4 Å². The Balaban J connectivity index is 1.78. The number of methoxy groups -OCH3 is 2. The van der Waals surface area contributed by atoms with Crippen LogP contribution in [0.1, 0.15) is 13.8 Å². The minimum absolute atomic E-state index is 0.0433. The Morgan fingerprint density at radius 2 is 1.15 bits per heavy atom. The third kappa shape index (κ3) is 7.12. The topological polar surface area (TPSA) is 129 Å². The molecule has 0 bridgehead atoms. The molecule has 2 N–H and O–H groups in total. The first-order chi connectivity index (χ1) is 12.9. The van der Waals surface area contributed by atoms with Crippen LogP contribution < -0.4 is 20.1 Å². The van der Waals surface area contributed by atoms with Crippen molar-refractivity contribution in [1.82, 2.24) is 29.9 Å². The summed E-state index contributed by atoms with van der Waals surface area (Å²) in [4.78, 5) is 23.7. The van der Waals surface area contributed by atoms with Crippen LogP contribution in [0.2, 0.25) is 10.6 Å². The summed E-state index contributed by atoms with van der Waals surface area (Å²) < 4.78 is 15.6. The summed E-state index contributed by atoms with van der Waals surface area (Å²) in [7, 11) is 2.90. The zero-order valence-corrected chi connectivity index (χ0v) is 16.7. The molecule has 0 amide bonds. The Labute approximate surface area is 166 Å². The van der Waals surface area contributed by atoms with Crippen molar-refractivity contribution in [3.63, 3.8) is 0 Å². The van der Waals surface area contributed by atoms with Crippen molar-refractivity contribution in [2.24, 2.45) is 0 Å². The Kier molecular flexibility index (Phi) is 7.95. The molecule has 2 unspecified atom stereocenters.